The number of carbonyl (C=O) groups excluding carboxylic acids is 1. The van der Waals surface area contributed by atoms with Crippen LogP contribution in [0, 0.1) is 11.8 Å². The second kappa shape index (κ2) is 4.66. The number of rotatable bonds is 4. The maximum absolute atomic E-state index is 11.6. The van der Waals surface area contributed by atoms with Gasteiger partial charge in [-0.15, -0.1) is 0 Å². The molecule has 3 heteroatoms. The molecule has 1 aliphatic carbocycles. The fourth-order valence-corrected chi connectivity index (χ4v) is 1.85. The van der Waals surface area contributed by atoms with Crippen LogP contribution < -0.4 is 5.32 Å². The lowest BCUT2D eigenvalue weighted by atomic mass is 10.1. The third kappa shape index (κ3) is 2.61. The molecule has 0 spiro atoms. The lowest BCUT2D eigenvalue weighted by Crippen LogP contribution is -2.24. The van der Waals surface area contributed by atoms with Crippen molar-refractivity contribution in [1.29, 1.82) is 0 Å². The van der Waals surface area contributed by atoms with Gasteiger partial charge in [0.2, 0.25) is 5.91 Å². The van der Waals surface area contributed by atoms with E-state index >= 15 is 0 Å². The number of hydrogen-bond acceptors (Lipinski definition) is 2. The Morgan fingerprint density at radius 1 is 1.50 bits per heavy atom. The summed E-state index contributed by atoms with van der Waals surface area (Å²) in [5, 5.41) is 11.9. The highest BCUT2D eigenvalue weighted by molar-refractivity contribution is 5.81. The Morgan fingerprint density at radius 2 is 2.19 bits per heavy atom. The van der Waals surface area contributed by atoms with Crippen LogP contribution in [0.25, 0.3) is 0 Å². The molecule has 1 saturated carbocycles. The summed E-state index contributed by atoms with van der Waals surface area (Å²) in [6.45, 7) is 2.69. The first-order chi connectivity index (χ1) is 7.70. The van der Waals surface area contributed by atoms with Gasteiger partial charge in [-0.1, -0.05) is 31.2 Å². The number of carbonyl (C=O) groups is 1. The molecule has 1 amide bonds. The molecule has 2 rings (SSSR count). The summed E-state index contributed by atoms with van der Waals surface area (Å²) in [5.41, 5.74) is 1.92. The van der Waals surface area contributed by atoms with E-state index in [1.165, 1.54) is 0 Å². The molecule has 1 aromatic rings. The predicted octanol–water partition coefficient (Wildman–Crippen LogP) is 1.45. The van der Waals surface area contributed by atoms with E-state index in [-0.39, 0.29) is 18.4 Å². The molecule has 0 radical (unpaired) electrons. The maximum atomic E-state index is 11.6. The molecule has 1 aromatic carbocycles. The van der Waals surface area contributed by atoms with Crippen LogP contribution in [-0.2, 0) is 17.9 Å². The van der Waals surface area contributed by atoms with E-state index in [2.05, 4.69) is 12.2 Å². The van der Waals surface area contributed by atoms with Crippen molar-refractivity contribution in [3.05, 3.63) is 35.4 Å². The highest BCUT2D eigenvalue weighted by Gasteiger charge is 2.38. The van der Waals surface area contributed by atoms with Crippen molar-refractivity contribution in [1.82, 2.24) is 5.32 Å². The molecule has 0 aromatic heterocycles. The number of benzene rings is 1. The highest BCUT2D eigenvalue weighted by Crippen LogP contribution is 2.37. The molecule has 2 unspecified atom stereocenters. The minimum atomic E-state index is 0.0431. The van der Waals surface area contributed by atoms with E-state index in [1.54, 1.807) is 0 Å². The molecule has 86 valence electrons. The number of aliphatic hydroxyl groups is 1. The molecule has 1 fully saturated rings. The zero-order valence-corrected chi connectivity index (χ0v) is 9.44. The summed E-state index contributed by atoms with van der Waals surface area (Å²) in [6.07, 6.45) is 1.02. The van der Waals surface area contributed by atoms with Crippen molar-refractivity contribution < 1.29 is 9.90 Å². The van der Waals surface area contributed by atoms with E-state index in [1.807, 2.05) is 24.3 Å². The predicted molar refractivity (Wildman–Crippen MR) is 61.5 cm³/mol. The van der Waals surface area contributed by atoms with E-state index in [9.17, 15) is 4.79 Å². The van der Waals surface area contributed by atoms with E-state index in [0.717, 1.165) is 17.5 Å². The Labute approximate surface area is 95.5 Å². The third-order valence-electron chi connectivity index (χ3n) is 3.09. The van der Waals surface area contributed by atoms with Gasteiger partial charge >= 0.3 is 0 Å². The molecular weight excluding hydrogens is 202 g/mol. The van der Waals surface area contributed by atoms with Crippen molar-refractivity contribution >= 4 is 5.91 Å². The van der Waals surface area contributed by atoms with Gasteiger partial charge in [0.1, 0.15) is 0 Å². The van der Waals surface area contributed by atoms with Gasteiger partial charge in [0.05, 0.1) is 6.61 Å². The highest BCUT2D eigenvalue weighted by atomic mass is 16.3. The summed E-state index contributed by atoms with van der Waals surface area (Å²) in [4.78, 5) is 11.6. The molecule has 2 N–H and O–H groups in total. The minimum absolute atomic E-state index is 0.0431. The quantitative estimate of drug-likeness (QED) is 0.805. The summed E-state index contributed by atoms with van der Waals surface area (Å²) in [5.74, 6) is 0.923. The van der Waals surface area contributed by atoms with Crippen LogP contribution in [0.3, 0.4) is 0 Å². The average Bonchev–Trinajstić information content (AvgIpc) is 3.04. The number of aliphatic hydroxyl groups excluding tert-OH is 1. The lowest BCUT2D eigenvalue weighted by Gasteiger charge is -2.05. The van der Waals surface area contributed by atoms with Gasteiger partial charge in [-0.25, -0.2) is 0 Å². The zero-order chi connectivity index (χ0) is 11.5. The Hall–Kier alpha value is -1.35. The average molecular weight is 219 g/mol. The monoisotopic (exact) mass is 219 g/mol. The normalized spacial score (nSPS) is 22.9. The Balaban J connectivity index is 1.86. The fourth-order valence-electron chi connectivity index (χ4n) is 1.85. The van der Waals surface area contributed by atoms with Crippen molar-refractivity contribution in [3.8, 4) is 0 Å². The second-order valence-corrected chi connectivity index (χ2v) is 4.52. The third-order valence-corrected chi connectivity index (χ3v) is 3.09. The SMILES string of the molecule is CC1CC1C(=O)NCc1cccc(CO)c1. The zero-order valence-electron chi connectivity index (χ0n) is 9.44. The molecule has 0 bridgehead atoms. The summed E-state index contributed by atoms with van der Waals surface area (Å²) >= 11 is 0. The van der Waals surface area contributed by atoms with Crippen LogP contribution in [0.4, 0.5) is 0 Å². The largest absolute Gasteiger partial charge is 0.392 e. The Kier molecular flexibility index (Phi) is 3.25. The second-order valence-electron chi connectivity index (χ2n) is 4.52. The smallest absolute Gasteiger partial charge is 0.223 e. The molecule has 1 aliphatic rings. The van der Waals surface area contributed by atoms with Gasteiger partial charge in [0.15, 0.2) is 0 Å². The van der Waals surface area contributed by atoms with E-state index in [4.69, 9.17) is 5.11 Å². The Morgan fingerprint density at radius 3 is 2.81 bits per heavy atom. The fraction of sp³-hybridized carbons (Fsp3) is 0.462. The van der Waals surface area contributed by atoms with Crippen molar-refractivity contribution in [2.75, 3.05) is 0 Å². The molecule has 0 saturated heterocycles. The summed E-state index contributed by atoms with van der Waals surface area (Å²) in [6, 6.07) is 7.63. The molecular formula is C13H17NO2. The Bertz CT molecular complexity index is 389. The van der Waals surface area contributed by atoms with Gasteiger partial charge in [0, 0.05) is 12.5 Å². The molecule has 0 aliphatic heterocycles. The molecule has 2 atom stereocenters. The van der Waals surface area contributed by atoms with Crippen molar-refractivity contribution in [3.63, 3.8) is 0 Å². The standard InChI is InChI=1S/C13H17NO2/c1-9-5-12(9)13(16)14-7-10-3-2-4-11(6-10)8-15/h2-4,6,9,12,15H,5,7-8H2,1H3,(H,14,16). The van der Waals surface area contributed by atoms with E-state index < -0.39 is 0 Å². The lowest BCUT2D eigenvalue weighted by molar-refractivity contribution is -0.122. The molecule has 0 heterocycles. The molecule has 3 nitrogen and oxygen atoms in total. The van der Waals surface area contributed by atoms with Gasteiger partial charge < -0.3 is 10.4 Å². The van der Waals surface area contributed by atoms with Crippen molar-refractivity contribution in [2.24, 2.45) is 11.8 Å². The topological polar surface area (TPSA) is 49.3 Å². The van der Waals surface area contributed by atoms with Gasteiger partial charge in [-0.3, -0.25) is 4.79 Å². The van der Waals surface area contributed by atoms with Crippen LogP contribution in [0.5, 0.6) is 0 Å². The maximum Gasteiger partial charge on any atom is 0.223 e. The van der Waals surface area contributed by atoms with Crippen LogP contribution in [-0.4, -0.2) is 11.0 Å². The summed E-state index contributed by atoms with van der Waals surface area (Å²) < 4.78 is 0. The van der Waals surface area contributed by atoms with Crippen LogP contribution in [0.2, 0.25) is 0 Å². The first kappa shape index (κ1) is 11.1. The van der Waals surface area contributed by atoms with Gasteiger partial charge in [-0.05, 0) is 23.5 Å². The van der Waals surface area contributed by atoms with Gasteiger partial charge in [-0.2, -0.15) is 0 Å². The molecule has 16 heavy (non-hydrogen) atoms. The van der Waals surface area contributed by atoms with Gasteiger partial charge in [0.25, 0.3) is 0 Å². The van der Waals surface area contributed by atoms with E-state index in [0.29, 0.717) is 12.5 Å². The number of amides is 1. The van der Waals surface area contributed by atoms with Crippen LogP contribution >= 0.6 is 0 Å². The number of nitrogens with one attached hydrogen (secondary N) is 1. The van der Waals surface area contributed by atoms with Crippen LogP contribution in [0.15, 0.2) is 24.3 Å². The van der Waals surface area contributed by atoms with Crippen molar-refractivity contribution in [2.45, 2.75) is 26.5 Å². The van der Waals surface area contributed by atoms with Crippen LogP contribution in [0.1, 0.15) is 24.5 Å². The first-order valence-corrected chi connectivity index (χ1v) is 5.67. The number of hydrogen-bond donors (Lipinski definition) is 2. The minimum Gasteiger partial charge on any atom is -0.392 e. The summed E-state index contributed by atoms with van der Waals surface area (Å²) in [7, 11) is 0. The first-order valence-electron chi connectivity index (χ1n) is 5.67.